The third-order valence-electron chi connectivity index (χ3n) is 6.68. The summed E-state index contributed by atoms with van der Waals surface area (Å²) in [5, 5.41) is 6.84. The standard InChI is InChI=1S/C28H29F2N7O2/c1-4-26(38)32-21-15-22(25(39-27(29)30)16-24(21)37-13-11-35(2)12-14-37)34-28-31-10-9-20(33-28)19-17-36(3)23-8-6-5-7-18(19)23/h4-10,15-17,27H,1,11-14H2,2-3H3,(H,32,38)(H,31,33,34). The number of nitrogens with zero attached hydrogens (tertiary/aromatic N) is 5. The monoisotopic (exact) mass is 533 g/mol. The number of nitrogens with one attached hydrogen (secondary N) is 2. The number of aromatic nitrogens is 3. The average molecular weight is 534 g/mol. The zero-order valence-corrected chi connectivity index (χ0v) is 21.7. The number of benzene rings is 2. The maximum Gasteiger partial charge on any atom is 0.387 e. The van der Waals surface area contributed by atoms with E-state index in [-0.39, 0.29) is 17.4 Å². The van der Waals surface area contributed by atoms with Crippen molar-refractivity contribution >= 4 is 39.8 Å². The van der Waals surface area contributed by atoms with Crippen molar-refractivity contribution in [2.45, 2.75) is 6.61 Å². The highest BCUT2D eigenvalue weighted by molar-refractivity contribution is 6.02. The Morgan fingerprint density at radius 3 is 2.62 bits per heavy atom. The summed E-state index contributed by atoms with van der Waals surface area (Å²) < 4.78 is 33.9. The fourth-order valence-electron chi connectivity index (χ4n) is 4.69. The molecule has 202 valence electrons. The van der Waals surface area contributed by atoms with Gasteiger partial charge in [0.25, 0.3) is 0 Å². The van der Waals surface area contributed by atoms with Gasteiger partial charge < -0.3 is 29.7 Å². The van der Waals surface area contributed by atoms with Crippen molar-refractivity contribution in [2.24, 2.45) is 7.05 Å². The first-order chi connectivity index (χ1) is 18.8. The zero-order valence-electron chi connectivity index (χ0n) is 21.7. The number of hydrogen-bond donors (Lipinski definition) is 2. The molecule has 4 aromatic rings. The van der Waals surface area contributed by atoms with Crippen LogP contribution in [-0.2, 0) is 11.8 Å². The van der Waals surface area contributed by atoms with E-state index in [4.69, 9.17) is 4.74 Å². The van der Waals surface area contributed by atoms with Crippen LogP contribution in [0, 0.1) is 0 Å². The lowest BCUT2D eigenvalue weighted by atomic mass is 10.1. The van der Waals surface area contributed by atoms with E-state index in [2.05, 4.69) is 32.1 Å². The van der Waals surface area contributed by atoms with Crippen molar-refractivity contribution in [1.82, 2.24) is 19.4 Å². The van der Waals surface area contributed by atoms with Crippen molar-refractivity contribution in [3.63, 3.8) is 0 Å². The van der Waals surface area contributed by atoms with Gasteiger partial charge in [-0.3, -0.25) is 4.79 Å². The summed E-state index contributed by atoms with van der Waals surface area (Å²) in [7, 11) is 3.98. The molecule has 0 bridgehead atoms. The van der Waals surface area contributed by atoms with Crippen LogP contribution in [0.2, 0.25) is 0 Å². The molecular formula is C28H29F2N7O2. The minimum Gasteiger partial charge on any atom is -0.433 e. The van der Waals surface area contributed by atoms with Crippen LogP contribution in [0.4, 0.5) is 31.8 Å². The number of alkyl halides is 2. The first-order valence-electron chi connectivity index (χ1n) is 12.5. The smallest absolute Gasteiger partial charge is 0.387 e. The molecule has 2 aromatic heterocycles. The SMILES string of the molecule is C=CC(=O)Nc1cc(Nc2nccc(-c3cn(C)c4ccccc34)n2)c(OC(F)F)cc1N1CCN(C)CC1. The lowest BCUT2D eigenvalue weighted by Crippen LogP contribution is -2.44. The van der Waals surface area contributed by atoms with Crippen LogP contribution in [0.3, 0.4) is 0 Å². The first kappa shape index (κ1) is 26.1. The summed E-state index contributed by atoms with van der Waals surface area (Å²) in [6.07, 6.45) is 4.73. The Morgan fingerprint density at radius 2 is 1.87 bits per heavy atom. The minimum absolute atomic E-state index is 0.0882. The van der Waals surface area contributed by atoms with E-state index < -0.39 is 12.5 Å². The number of halogens is 2. The van der Waals surface area contributed by atoms with Gasteiger partial charge in [-0.25, -0.2) is 9.97 Å². The molecule has 1 aliphatic rings. The van der Waals surface area contributed by atoms with Crippen LogP contribution in [0.5, 0.6) is 5.75 Å². The van der Waals surface area contributed by atoms with E-state index in [1.165, 1.54) is 6.07 Å². The molecule has 3 heterocycles. The summed E-state index contributed by atoms with van der Waals surface area (Å²) in [5.74, 6) is -0.323. The average Bonchev–Trinajstić information content (AvgIpc) is 3.27. The molecule has 0 saturated carbocycles. The van der Waals surface area contributed by atoms with Crippen molar-refractivity contribution < 1.29 is 18.3 Å². The Hall–Kier alpha value is -4.51. The third kappa shape index (κ3) is 5.68. The Kier molecular flexibility index (Phi) is 7.42. The van der Waals surface area contributed by atoms with Gasteiger partial charge in [0.2, 0.25) is 11.9 Å². The first-order valence-corrected chi connectivity index (χ1v) is 12.5. The second-order valence-electron chi connectivity index (χ2n) is 9.29. The molecule has 9 nitrogen and oxygen atoms in total. The van der Waals surface area contributed by atoms with Gasteiger partial charge in [0, 0.05) is 68.2 Å². The highest BCUT2D eigenvalue weighted by atomic mass is 19.3. The normalized spacial score (nSPS) is 14.0. The molecule has 0 spiro atoms. The quantitative estimate of drug-likeness (QED) is 0.313. The molecule has 1 amide bonds. The summed E-state index contributed by atoms with van der Waals surface area (Å²) >= 11 is 0. The van der Waals surface area contributed by atoms with Crippen molar-refractivity contribution in [3.05, 3.63) is 67.5 Å². The molecule has 2 aromatic carbocycles. The summed E-state index contributed by atoms with van der Waals surface area (Å²) in [4.78, 5) is 25.4. The molecule has 2 N–H and O–H groups in total. The van der Waals surface area contributed by atoms with E-state index in [0.29, 0.717) is 30.2 Å². The van der Waals surface area contributed by atoms with Gasteiger partial charge in [-0.1, -0.05) is 24.8 Å². The summed E-state index contributed by atoms with van der Waals surface area (Å²) in [6, 6.07) is 12.8. The van der Waals surface area contributed by atoms with Crippen LogP contribution in [0.25, 0.3) is 22.2 Å². The van der Waals surface area contributed by atoms with E-state index in [1.54, 1.807) is 18.3 Å². The second kappa shape index (κ2) is 11.1. The number of para-hydroxylation sites is 1. The number of anilines is 4. The number of rotatable bonds is 8. The van der Waals surface area contributed by atoms with Gasteiger partial charge in [-0.15, -0.1) is 0 Å². The molecule has 1 saturated heterocycles. The molecule has 39 heavy (non-hydrogen) atoms. The number of hydrogen-bond acceptors (Lipinski definition) is 7. The Balaban J connectivity index is 1.54. The number of aryl methyl sites for hydroxylation is 1. The zero-order chi connectivity index (χ0) is 27.5. The summed E-state index contributed by atoms with van der Waals surface area (Å²) in [5.41, 5.74) is 3.81. The van der Waals surface area contributed by atoms with Crippen LogP contribution >= 0.6 is 0 Å². The third-order valence-corrected chi connectivity index (χ3v) is 6.68. The van der Waals surface area contributed by atoms with Gasteiger partial charge >= 0.3 is 6.61 Å². The fourth-order valence-corrected chi connectivity index (χ4v) is 4.69. The number of likely N-dealkylation sites (N-methyl/N-ethyl adjacent to an activating group) is 1. The van der Waals surface area contributed by atoms with E-state index in [1.807, 2.05) is 54.0 Å². The van der Waals surface area contributed by atoms with Crippen LogP contribution < -0.4 is 20.3 Å². The largest absolute Gasteiger partial charge is 0.433 e. The van der Waals surface area contributed by atoms with Gasteiger partial charge in [0.15, 0.2) is 5.75 Å². The fraction of sp³-hybridized carbons (Fsp3) is 0.250. The van der Waals surface area contributed by atoms with Crippen molar-refractivity contribution in [2.75, 3.05) is 48.8 Å². The topological polar surface area (TPSA) is 87.5 Å². The van der Waals surface area contributed by atoms with Gasteiger partial charge in [0.1, 0.15) is 0 Å². The summed E-state index contributed by atoms with van der Waals surface area (Å²) in [6.45, 7) is 3.36. The predicted octanol–water partition coefficient (Wildman–Crippen LogP) is 4.86. The second-order valence-corrected chi connectivity index (χ2v) is 9.29. The number of carbonyl (C=O) groups is 1. The van der Waals surface area contributed by atoms with Crippen LogP contribution in [0.1, 0.15) is 0 Å². The minimum atomic E-state index is -3.05. The highest BCUT2D eigenvalue weighted by Crippen LogP contribution is 2.40. The van der Waals surface area contributed by atoms with Gasteiger partial charge in [-0.05, 0) is 31.3 Å². The maximum atomic E-state index is 13.5. The molecule has 0 aliphatic carbocycles. The lowest BCUT2D eigenvalue weighted by Gasteiger charge is -2.35. The Morgan fingerprint density at radius 1 is 1.10 bits per heavy atom. The Labute approximate surface area is 224 Å². The highest BCUT2D eigenvalue weighted by Gasteiger charge is 2.23. The maximum absolute atomic E-state index is 13.5. The molecule has 0 radical (unpaired) electrons. The molecule has 5 rings (SSSR count). The predicted molar refractivity (Wildman–Crippen MR) is 149 cm³/mol. The molecule has 0 unspecified atom stereocenters. The number of ether oxygens (including phenoxy) is 1. The van der Waals surface area contributed by atoms with Crippen LogP contribution in [0.15, 0.2) is 67.5 Å². The number of amides is 1. The number of fused-ring (bicyclic) bond motifs is 1. The molecular weight excluding hydrogens is 504 g/mol. The van der Waals surface area contributed by atoms with Crippen molar-refractivity contribution in [3.8, 4) is 17.0 Å². The van der Waals surface area contributed by atoms with Crippen LogP contribution in [-0.4, -0.2) is 65.2 Å². The van der Waals surface area contributed by atoms with Gasteiger partial charge in [0.05, 0.1) is 22.8 Å². The molecule has 0 atom stereocenters. The molecule has 1 fully saturated rings. The van der Waals surface area contributed by atoms with Crippen molar-refractivity contribution in [1.29, 1.82) is 0 Å². The molecule has 11 heteroatoms. The van der Waals surface area contributed by atoms with E-state index in [9.17, 15) is 13.6 Å². The molecule has 1 aliphatic heterocycles. The van der Waals surface area contributed by atoms with Gasteiger partial charge in [-0.2, -0.15) is 8.78 Å². The number of piperazine rings is 1. The lowest BCUT2D eigenvalue weighted by molar-refractivity contribution is -0.111. The number of carbonyl (C=O) groups excluding carboxylic acids is 1. The van der Waals surface area contributed by atoms with E-state index in [0.717, 1.165) is 35.6 Å². The Bertz CT molecular complexity index is 1510. The van der Waals surface area contributed by atoms with E-state index >= 15 is 0 Å².